The summed E-state index contributed by atoms with van der Waals surface area (Å²) in [7, 11) is 1.39. The van der Waals surface area contributed by atoms with Crippen LogP contribution < -0.4 is 5.32 Å². The number of hydrogen-bond donors (Lipinski definition) is 1. The number of methoxy groups -OCH3 is 1. The summed E-state index contributed by atoms with van der Waals surface area (Å²) >= 11 is 0. The minimum Gasteiger partial charge on any atom is -0.467 e. The largest absolute Gasteiger partial charge is 0.467 e. The van der Waals surface area contributed by atoms with E-state index in [1.165, 1.54) is 7.11 Å². The maximum absolute atomic E-state index is 11.5. The van der Waals surface area contributed by atoms with Gasteiger partial charge in [-0.05, 0) is 18.6 Å². The highest BCUT2D eigenvalue weighted by molar-refractivity contribution is 5.78. The molecule has 0 spiro atoms. The Kier molecular flexibility index (Phi) is 4.70. The molecule has 1 atom stereocenters. The molecule has 0 radical (unpaired) electrons. The van der Waals surface area contributed by atoms with E-state index >= 15 is 0 Å². The first-order chi connectivity index (χ1) is 9.72. The molecule has 6 nitrogen and oxygen atoms in total. The second kappa shape index (κ2) is 6.70. The van der Waals surface area contributed by atoms with Crippen molar-refractivity contribution in [3.05, 3.63) is 42.5 Å². The number of carbonyl (C=O) groups is 1. The van der Waals surface area contributed by atoms with Gasteiger partial charge in [0.2, 0.25) is 0 Å². The average molecular weight is 274 g/mol. The third-order valence-corrected chi connectivity index (χ3v) is 2.92. The van der Waals surface area contributed by atoms with Crippen LogP contribution in [0.25, 0.3) is 0 Å². The van der Waals surface area contributed by atoms with E-state index in [1.807, 2.05) is 31.3 Å². The predicted octanol–water partition coefficient (Wildman–Crippen LogP) is 1.69. The maximum atomic E-state index is 11.5. The SMILES string of the molecule is CC[C@H](Nc1cnn(Cc2ccccn2)c1)C(=O)OC. The van der Waals surface area contributed by atoms with Crippen molar-refractivity contribution in [3.63, 3.8) is 0 Å². The summed E-state index contributed by atoms with van der Waals surface area (Å²) < 4.78 is 6.51. The van der Waals surface area contributed by atoms with Gasteiger partial charge in [-0.3, -0.25) is 9.67 Å². The monoisotopic (exact) mass is 274 g/mol. The Bertz CT molecular complexity index is 553. The van der Waals surface area contributed by atoms with Crippen molar-refractivity contribution in [3.8, 4) is 0 Å². The first kappa shape index (κ1) is 14.0. The molecule has 6 heteroatoms. The first-order valence-electron chi connectivity index (χ1n) is 6.49. The summed E-state index contributed by atoms with van der Waals surface area (Å²) in [5.41, 5.74) is 1.72. The van der Waals surface area contributed by atoms with Crippen LogP contribution in [0.1, 0.15) is 19.0 Å². The van der Waals surface area contributed by atoms with Gasteiger partial charge in [-0.2, -0.15) is 5.10 Å². The van der Waals surface area contributed by atoms with Gasteiger partial charge in [-0.15, -0.1) is 0 Å². The Balaban J connectivity index is 2.00. The molecule has 0 aliphatic heterocycles. The van der Waals surface area contributed by atoms with Crippen molar-refractivity contribution in [1.82, 2.24) is 14.8 Å². The summed E-state index contributed by atoms with van der Waals surface area (Å²) in [4.78, 5) is 15.8. The number of aromatic nitrogens is 3. The molecule has 0 unspecified atom stereocenters. The third-order valence-electron chi connectivity index (χ3n) is 2.92. The van der Waals surface area contributed by atoms with E-state index < -0.39 is 0 Å². The molecule has 106 valence electrons. The summed E-state index contributed by atoms with van der Waals surface area (Å²) in [5, 5.41) is 7.35. The van der Waals surface area contributed by atoms with Gasteiger partial charge >= 0.3 is 5.97 Å². The van der Waals surface area contributed by atoms with Gasteiger partial charge in [0.1, 0.15) is 6.04 Å². The second-order valence-electron chi connectivity index (χ2n) is 4.38. The molecule has 0 aromatic carbocycles. The first-order valence-corrected chi connectivity index (χ1v) is 6.49. The second-order valence-corrected chi connectivity index (χ2v) is 4.38. The Labute approximate surface area is 117 Å². The fourth-order valence-electron chi connectivity index (χ4n) is 1.85. The number of pyridine rings is 1. The lowest BCUT2D eigenvalue weighted by atomic mass is 10.2. The van der Waals surface area contributed by atoms with Crippen molar-refractivity contribution in [2.75, 3.05) is 12.4 Å². The molecule has 0 fully saturated rings. The molecule has 0 saturated heterocycles. The van der Waals surface area contributed by atoms with Crippen molar-refractivity contribution >= 4 is 11.7 Å². The van der Waals surface area contributed by atoms with Crippen LogP contribution in [-0.2, 0) is 16.1 Å². The highest BCUT2D eigenvalue weighted by atomic mass is 16.5. The Morgan fingerprint density at radius 3 is 3.00 bits per heavy atom. The molecule has 2 rings (SSSR count). The topological polar surface area (TPSA) is 69.0 Å². The number of nitrogens with zero attached hydrogens (tertiary/aromatic N) is 3. The zero-order chi connectivity index (χ0) is 14.4. The number of esters is 1. The fraction of sp³-hybridized carbons (Fsp3) is 0.357. The normalized spacial score (nSPS) is 11.9. The third kappa shape index (κ3) is 3.57. The highest BCUT2D eigenvalue weighted by Gasteiger charge is 2.17. The summed E-state index contributed by atoms with van der Waals surface area (Å²) in [6, 6.07) is 5.40. The molecular formula is C14H18N4O2. The molecule has 0 saturated carbocycles. The average Bonchev–Trinajstić information content (AvgIpc) is 2.92. The molecule has 20 heavy (non-hydrogen) atoms. The van der Waals surface area contributed by atoms with E-state index in [4.69, 9.17) is 4.74 Å². The van der Waals surface area contributed by atoms with Crippen LogP contribution in [0.15, 0.2) is 36.8 Å². The van der Waals surface area contributed by atoms with Gasteiger partial charge in [0.25, 0.3) is 0 Å². The lowest BCUT2D eigenvalue weighted by Gasteiger charge is -2.13. The van der Waals surface area contributed by atoms with Crippen LogP contribution in [0.4, 0.5) is 5.69 Å². The van der Waals surface area contributed by atoms with Crippen LogP contribution in [0.5, 0.6) is 0 Å². The quantitative estimate of drug-likeness (QED) is 0.812. The van der Waals surface area contributed by atoms with E-state index in [2.05, 4.69) is 15.4 Å². The Morgan fingerprint density at radius 2 is 2.35 bits per heavy atom. The van der Waals surface area contributed by atoms with Crippen LogP contribution >= 0.6 is 0 Å². The van der Waals surface area contributed by atoms with E-state index in [0.717, 1.165) is 11.4 Å². The molecule has 1 N–H and O–H groups in total. The standard InChI is InChI=1S/C14H18N4O2/c1-3-13(14(19)20-2)17-12-8-16-18(10-12)9-11-6-4-5-7-15-11/h4-8,10,13,17H,3,9H2,1-2H3/t13-/m0/s1. The summed E-state index contributed by atoms with van der Waals surface area (Å²) in [6.07, 6.45) is 5.94. The van der Waals surface area contributed by atoms with Crippen molar-refractivity contribution in [2.24, 2.45) is 0 Å². The number of ether oxygens (including phenoxy) is 1. The van der Waals surface area contributed by atoms with Crippen LogP contribution in [-0.4, -0.2) is 33.9 Å². The predicted molar refractivity (Wildman–Crippen MR) is 75.3 cm³/mol. The van der Waals surface area contributed by atoms with Gasteiger partial charge in [0.15, 0.2) is 0 Å². The Morgan fingerprint density at radius 1 is 1.50 bits per heavy atom. The van der Waals surface area contributed by atoms with Crippen LogP contribution in [0.2, 0.25) is 0 Å². The van der Waals surface area contributed by atoms with Gasteiger partial charge in [0, 0.05) is 12.4 Å². The van der Waals surface area contributed by atoms with E-state index in [9.17, 15) is 4.79 Å². The summed E-state index contributed by atoms with van der Waals surface area (Å²) in [6.45, 7) is 2.52. The number of hydrogen-bond acceptors (Lipinski definition) is 5. The molecular weight excluding hydrogens is 256 g/mol. The molecule has 0 bridgehead atoms. The molecule has 0 aliphatic carbocycles. The zero-order valence-corrected chi connectivity index (χ0v) is 11.6. The van der Waals surface area contributed by atoms with E-state index in [0.29, 0.717) is 13.0 Å². The lowest BCUT2D eigenvalue weighted by molar-refractivity contribution is -0.141. The van der Waals surface area contributed by atoms with E-state index in [-0.39, 0.29) is 12.0 Å². The van der Waals surface area contributed by atoms with Crippen LogP contribution in [0, 0.1) is 0 Å². The fourth-order valence-corrected chi connectivity index (χ4v) is 1.85. The molecule has 2 aromatic heterocycles. The molecule has 0 aliphatic rings. The van der Waals surface area contributed by atoms with Crippen LogP contribution in [0.3, 0.4) is 0 Å². The lowest BCUT2D eigenvalue weighted by Crippen LogP contribution is -2.29. The number of nitrogens with one attached hydrogen (secondary N) is 1. The number of rotatable bonds is 6. The zero-order valence-electron chi connectivity index (χ0n) is 11.6. The Hall–Kier alpha value is -2.37. The molecule has 2 aromatic rings. The van der Waals surface area contributed by atoms with Gasteiger partial charge in [-0.25, -0.2) is 4.79 Å². The van der Waals surface area contributed by atoms with Gasteiger partial charge < -0.3 is 10.1 Å². The molecule has 2 heterocycles. The van der Waals surface area contributed by atoms with E-state index in [1.54, 1.807) is 17.1 Å². The minimum atomic E-state index is -0.354. The maximum Gasteiger partial charge on any atom is 0.328 e. The van der Waals surface area contributed by atoms with Crippen molar-refractivity contribution in [2.45, 2.75) is 25.9 Å². The minimum absolute atomic E-state index is 0.273. The highest BCUT2D eigenvalue weighted by Crippen LogP contribution is 2.10. The number of anilines is 1. The number of carbonyl (C=O) groups excluding carboxylic acids is 1. The summed E-state index contributed by atoms with van der Waals surface area (Å²) in [5.74, 6) is -0.273. The van der Waals surface area contributed by atoms with Crippen molar-refractivity contribution < 1.29 is 9.53 Å². The van der Waals surface area contributed by atoms with Gasteiger partial charge in [0.05, 0.1) is 31.2 Å². The van der Waals surface area contributed by atoms with Gasteiger partial charge in [-0.1, -0.05) is 13.0 Å². The molecule has 0 amide bonds. The smallest absolute Gasteiger partial charge is 0.328 e. The van der Waals surface area contributed by atoms with Crippen molar-refractivity contribution in [1.29, 1.82) is 0 Å².